The van der Waals surface area contributed by atoms with Crippen LogP contribution in [-0.2, 0) is 22.6 Å². The molecule has 1 aliphatic heterocycles. The molecule has 1 saturated heterocycles. The zero-order valence-corrected chi connectivity index (χ0v) is 20.9. The first-order valence-electron chi connectivity index (χ1n) is 12.3. The Morgan fingerprint density at radius 2 is 2.19 bits per heavy atom. The molecular formula is C26H32N6O4. The van der Waals surface area contributed by atoms with Gasteiger partial charge in [-0.3, -0.25) is 9.69 Å². The fraction of sp³-hybridized carbons (Fsp3) is 0.462. The summed E-state index contributed by atoms with van der Waals surface area (Å²) in [6.07, 6.45) is 3.69. The van der Waals surface area contributed by atoms with Gasteiger partial charge in [-0.15, -0.1) is 5.10 Å². The number of ether oxygens (including phenoxy) is 2. The fourth-order valence-corrected chi connectivity index (χ4v) is 5.06. The van der Waals surface area contributed by atoms with E-state index in [4.69, 9.17) is 13.9 Å². The molecule has 0 amide bonds. The van der Waals surface area contributed by atoms with Gasteiger partial charge in [0.1, 0.15) is 11.8 Å². The molecule has 1 N–H and O–H groups in total. The average Bonchev–Trinajstić information content (AvgIpc) is 3.63. The molecule has 1 fully saturated rings. The van der Waals surface area contributed by atoms with Gasteiger partial charge in [-0.1, -0.05) is 11.6 Å². The summed E-state index contributed by atoms with van der Waals surface area (Å²) in [5.41, 5.74) is 3.40. The molecule has 0 bridgehead atoms. The molecular weight excluding hydrogens is 460 g/mol. The number of furan rings is 1. The predicted octanol–water partition coefficient (Wildman–Crippen LogP) is 3.14. The van der Waals surface area contributed by atoms with E-state index in [1.165, 1.54) is 0 Å². The Labute approximate surface area is 209 Å². The highest BCUT2D eigenvalue weighted by molar-refractivity contribution is 5.83. The van der Waals surface area contributed by atoms with E-state index in [2.05, 4.69) is 44.5 Å². The number of pyridine rings is 1. The number of aromatic nitrogens is 5. The van der Waals surface area contributed by atoms with Gasteiger partial charge in [0.2, 0.25) is 0 Å². The standard InChI is InChI=1S/C26H32N6O4/c1-17-12-18(2)23-19(13-17)14-22(26(33)27-23)24(25-28-29-30-32(25)8-11-34-3)31(15-20-6-4-9-35-20)16-21-7-5-10-36-21/h4,6,9,12-14,21,24H,5,7-8,10-11,15-16H2,1-3H3,(H,27,33)/t21-,24+/m1/s1. The van der Waals surface area contributed by atoms with E-state index in [0.717, 1.165) is 47.2 Å². The maximum atomic E-state index is 13.6. The smallest absolute Gasteiger partial charge is 0.253 e. The fourth-order valence-electron chi connectivity index (χ4n) is 5.06. The van der Waals surface area contributed by atoms with Crippen molar-refractivity contribution < 1.29 is 13.9 Å². The lowest BCUT2D eigenvalue weighted by Gasteiger charge is -2.32. The molecule has 36 heavy (non-hydrogen) atoms. The third kappa shape index (κ3) is 5.11. The number of methoxy groups -OCH3 is 1. The summed E-state index contributed by atoms with van der Waals surface area (Å²) in [4.78, 5) is 18.9. The molecule has 0 saturated carbocycles. The second-order valence-corrected chi connectivity index (χ2v) is 9.40. The van der Waals surface area contributed by atoms with E-state index in [0.29, 0.717) is 37.6 Å². The Balaban J connectivity index is 1.66. The number of tetrazole rings is 1. The second kappa shape index (κ2) is 10.7. The Morgan fingerprint density at radius 3 is 2.94 bits per heavy atom. The van der Waals surface area contributed by atoms with Crippen molar-refractivity contribution in [2.24, 2.45) is 0 Å². The second-order valence-electron chi connectivity index (χ2n) is 9.40. The zero-order chi connectivity index (χ0) is 25.1. The largest absolute Gasteiger partial charge is 0.468 e. The van der Waals surface area contributed by atoms with Crippen molar-refractivity contribution in [1.29, 1.82) is 0 Å². The number of aryl methyl sites for hydroxylation is 2. The van der Waals surface area contributed by atoms with Crippen molar-refractivity contribution in [2.75, 3.05) is 26.9 Å². The molecule has 3 aromatic heterocycles. The van der Waals surface area contributed by atoms with Crippen LogP contribution >= 0.6 is 0 Å². The third-order valence-corrected chi connectivity index (χ3v) is 6.69. The van der Waals surface area contributed by atoms with Gasteiger partial charge in [-0.05, 0) is 72.3 Å². The van der Waals surface area contributed by atoms with Crippen molar-refractivity contribution in [3.8, 4) is 0 Å². The van der Waals surface area contributed by atoms with E-state index in [1.54, 1.807) is 18.1 Å². The van der Waals surface area contributed by atoms with Gasteiger partial charge in [0.15, 0.2) is 5.82 Å². The lowest BCUT2D eigenvalue weighted by atomic mass is 10.00. The monoisotopic (exact) mass is 492 g/mol. The molecule has 4 heterocycles. The quantitative estimate of drug-likeness (QED) is 0.359. The predicted molar refractivity (Wildman–Crippen MR) is 134 cm³/mol. The minimum absolute atomic E-state index is 0.0507. The maximum absolute atomic E-state index is 13.6. The Kier molecular flexibility index (Phi) is 7.26. The van der Waals surface area contributed by atoms with Gasteiger partial charge in [-0.2, -0.15) is 0 Å². The van der Waals surface area contributed by atoms with Crippen molar-refractivity contribution in [2.45, 2.75) is 51.9 Å². The van der Waals surface area contributed by atoms with Crippen LogP contribution in [0.3, 0.4) is 0 Å². The number of fused-ring (bicyclic) bond motifs is 1. The third-order valence-electron chi connectivity index (χ3n) is 6.69. The van der Waals surface area contributed by atoms with E-state index in [-0.39, 0.29) is 11.7 Å². The van der Waals surface area contributed by atoms with E-state index in [1.807, 2.05) is 25.1 Å². The number of H-pyrrole nitrogens is 1. The Morgan fingerprint density at radius 1 is 1.31 bits per heavy atom. The summed E-state index contributed by atoms with van der Waals surface area (Å²) < 4.78 is 18.7. The van der Waals surface area contributed by atoms with Crippen LogP contribution in [0.25, 0.3) is 10.9 Å². The van der Waals surface area contributed by atoms with Gasteiger partial charge in [-0.25, -0.2) is 4.68 Å². The summed E-state index contributed by atoms with van der Waals surface area (Å²) in [6, 6.07) is 9.40. The number of rotatable bonds is 10. The minimum atomic E-state index is -0.528. The molecule has 10 nitrogen and oxygen atoms in total. The van der Waals surface area contributed by atoms with Crippen LogP contribution in [0, 0.1) is 13.8 Å². The number of hydrogen-bond donors (Lipinski definition) is 1. The summed E-state index contributed by atoms with van der Waals surface area (Å²) in [6.45, 7) is 6.79. The summed E-state index contributed by atoms with van der Waals surface area (Å²) in [5, 5.41) is 13.6. The topological polar surface area (TPSA) is 111 Å². The molecule has 0 aliphatic carbocycles. The van der Waals surface area contributed by atoms with Crippen LogP contribution in [-0.4, -0.2) is 63.1 Å². The lowest BCUT2D eigenvalue weighted by molar-refractivity contribution is 0.0541. The number of nitrogens with zero attached hydrogens (tertiary/aromatic N) is 5. The molecule has 2 atom stereocenters. The number of nitrogens with one attached hydrogen (secondary N) is 1. The molecule has 0 unspecified atom stereocenters. The van der Waals surface area contributed by atoms with Gasteiger partial charge in [0.25, 0.3) is 5.56 Å². The van der Waals surface area contributed by atoms with Gasteiger partial charge in [0, 0.05) is 25.8 Å². The molecule has 1 aromatic carbocycles. The van der Waals surface area contributed by atoms with Crippen molar-refractivity contribution in [3.05, 3.63) is 75.2 Å². The van der Waals surface area contributed by atoms with Gasteiger partial charge < -0.3 is 18.9 Å². The van der Waals surface area contributed by atoms with Crippen LogP contribution in [0.5, 0.6) is 0 Å². The van der Waals surface area contributed by atoms with Crippen LogP contribution in [0.15, 0.2) is 45.8 Å². The SMILES string of the molecule is COCCn1nnnc1[C@H](c1cc2cc(C)cc(C)c2[nH]c1=O)N(Cc1ccco1)C[C@H]1CCCO1. The first kappa shape index (κ1) is 24.4. The highest BCUT2D eigenvalue weighted by atomic mass is 16.5. The lowest BCUT2D eigenvalue weighted by Crippen LogP contribution is -2.39. The zero-order valence-electron chi connectivity index (χ0n) is 20.9. The van der Waals surface area contributed by atoms with Gasteiger partial charge >= 0.3 is 0 Å². The number of aromatic amines is 1. The summed E-state index contributed by atoms with van der Waals surface area (Å²) in [5.74, 6) is 1.36. The molecule has 5 rings (SSSR count). The first-order valence-corrected chi connectivity index (χ1v) is 12.3. The first-order chi connectivity index (χ1) is 17.5. The van der Waals surface area contributed by atoms with Crippen molar-refractivity contribution in [3.63, 3.8) is 0 Å². The van der Waals surface area contributed by atoms with E-state index in [9.17, 15) is 4.79 Å². The molecule has 4 aromatic rings. The molecule has 0 spiro atoms. The van der Waals surface area contributed by atoms with Crippen LogP contribution in [0.4, 0.5) is 0 Å². The average molecular weight is 493 g/mol. The van der Waals surface area contributed by atoms with Crippen LogP contribution in [0.1, 0.15) is 47.2 Å². The van der Waals surface area contributed by atoms with E-state index >= 15 is 0 Å². The molecule has 0 radical (unpaired) electrons. The Bertz CT molecular complexity index is 1360. The van der Waals surface area contributed by atoms with Gasteiger partial charge in [0.05, 0.1) is 37.6 Å². The highest BCUT2D eigenvalue weighted by Gasteiger charge is 2.33. The van der Waals surface area contributed by atoms with Crippen LogP contribution < -0.4 is 5.56 Å². The maximum Gasteiger partial charge on any atom is 0.253 e. The van der Waals surface area contributed by atoms with E-state index < -0.39 is 6.04 Å². The Hall–Kier alpha value is -3.34. The minimum Gasteiger partial charge on any atom is -0.468 e. The summed E-state index contributed by atoms with van der Waals surface area (Å²) >= 11 is 0. The number of hydrogen-bond acceptors (Lipinski definition) is 8. The molecule has 190 valence electrons. The normalized spacial score (nSPS) is 16.8. The molecule has 1 aliphatic rings. The highest BCUT2D eigenvalue weighted by Crippen LogP contribution is 2.31. The van der Waals surface area contributed by atoms with Crippen molar-refractivity contribution >= 4 is 10.9 Å². The summed E-state index contributed by atoms with van der Waals surface area (Å²) in [7, 11) is 1.64. The molecule has 10 heteroatoms. The van der Waals surface area contributed by atoms with Crippen LogP contribution in [0.2, 0.25) is 0 Å². The van der Waals surface area contributed by atoms with Crippen molar-refractivity contribution in [1.82, 2.24) is 30.1 Å². The number of benzene rings is 1.